The van der Waals surface area contributed by atoms with Gasteiger partial charge in [-0.1, -0.05) is 30.9 Å². The second-order valence-corrected chi connectivity index (χ2v) is 6.30. The average molecular weight is 345 g/mol. The second kappa shape index (κ2) is 6.76. The Morgan fingerprint density at radius 3 is 2.63 bits per heavy atom. The van der Waals surface area contributed by atoms with Crippen LogP contribution in [0.2, 0.25) is 5.02 Å². The molecule has 0 N–H and O–H groups in total. The van der Waals surface area contributed by atoms with E-state index in [1.165, 1.54) is 19.3 Å². The first-order chi connectivity index (χ1) is 9.13. The molecule has 104 valence electrons. The fourth-order valence-corrected chi connectivity index (χ4v) is 3.63. The third-order valence-corrected chi connectivity index (χ3v) is 4.67. The molecule has 1 aromatic carbocycles. The first-order valence-corrected chi connectivity index (χ1v) is 8.06. The van der Waals surface area contributed by atoms with Gasteiger partial charge < -0.3 is 4.90 Å². The van der Waals surface area contributed by atoms with Gasteiger partial charge in [-0.25, -0.2) is 0 Å². The zero-order valence-electron chi connectivity index (χ0n) is 11.2. The highest BCUT2D eigenvalue weighted by Crippen LogP contribution is 2.27. The summed E-state index contributed by atoms with van der Waals surface area (Å²) < 4.78 is 0.777. The minimum absolute atomic E-state index is 0.109. The van der Waals surface area contributed by atoms with Crippen molar-refractivity contribution in [2.24, 2.45) is 0 Å². The molecule has 0 aliphatic heterocycles. The van der Waals surface area contributed by atoms with Crippen molar-refractivity contribution in [1.29, 1.82) is 0 Å². The number of benzene rings is 1. The Balaban J connectivity index is 2.19. The van der Waals surface area contributed by atoms with Gasteiger partial charge in [0.1, 0.15) is 0 Å². The van der Waals surface area contributed by atoms with E-state index in [2.05, 4.69) is 22.9 Å². The van der Waals surface area contributed by atoms with Gasteiger partial charge in [0, 0.05) is 22.1 Å². The number of halogens is 2. The van der Waals surface area contributed by atoms with Crippen LogP contribution in [0, 0.1) is 0 Å². The first-order valence-electron chi connectivity index (χ1n) is 6.89. The van der Waals surface area contributed by atoms with Crippen LogP contribution in [-0.4, -0.2) is 23.4 Å². The van der Waals surface area contributed by atoms with Crippen LogP contribution < -0.4 is 0 Å². The van der Waals surface area contributed by atoms with Crippen LogP contribution in [0.5, 0.6) is 0 Å². The van der Waals surface area contributed by atoms with Gasteiger partial charge in [-0.05, 0) is 53.9 Å². The van der Waals surface area contributed by atoms with Crippen molar-refractivity contribution in [3.05, 3.63) is 33.3 Å². The third-order valence-electron chi connectivity index (χ3n) is 3.78. The van der Waals surface area contributed by atoms with Crippen LogP contribution >= 0.6 is 27.5 Å². The molecule has 1 aliphatic rings. The van der Waals surface area contributed by atoms with Crippen LogP contribution in [0.4, 0.5) is 0 Å². The van der Waals surface area contributed by atoms with Crippen molar-refractivity contribution < 1.29 is 4.79 Å². The second-order valence-electron chi connectivity index (χ2n) is 5.01. The molecule has 0 spiro atoms. The molecule has 19 heavy (non-hydrogen) atoms. The van der Waals surface area contributed by atoms with E-state index in [1.54, 1.807) is 18.2 Å². The van der Waals surface area contributed by atoms with Crippen molar-refractivity contribution >= 4 is 33.4 Å². The summed E-state index contributed by atoms with van der Waals surface area (Å²) in [6.07, 6.45) is 6.02. The van der Waals surface area contributed by atoms with E-state index < -0.39 is 0 Å². The molecule has 0 unspecified atom stereocenters. The van der Waals surface area contributed by atoms with Crippen molar-refractivity contribution in [2.75, 3.05) is 6.54 Å². The Morgan fingerprint density at radius 2 is 2.05 bits per heavy atom. The van der Waals surface area contributed by atoms with E-state index in [0.717, 1.165) is 23.9 Å². The monoisotopic (exact) mass is 343 g/mol. The SMILES string of the molecule is CCN(C(=O)c1ccc(Cl)cc1Br)C1CCCCC1. The van der Waals surface area contributed by atoms with Gasteiger partial charge in [-0.2, -0.15) is 0 Å². The molecule has 1 fully saturated rings. The molecule has 0 atom stereocenters. The van der Waals surface area contributed by atoms with E-state index in [0.29, 0.717) is 16.6 Å². The van der Waals surface area contributed by atoms with E-state index in [4.69, 9.17) is 11.6 Å². The molecule has 1 aromatic rings. The van der Waals surface area contributed by atoms with Crippen LogP contribution in [-0.2, 0) is 0 Å². The standard InChI is InChI=1S/C15H19BrClNO/c1-2-18(12-6-4-3-5-7-12)15(19)13-9-8-11(17)10-14(13)16/h8-10,12H,2-7H2,1H3. The summed E-state index contributed by atoms with van der Waals surface area (Å²) in [4.78, 5) is 14.7. The smallest absolute Gasteiger partial charge is 0.255 e. The third kappa shape index (κ3) is 3.51. The number of carbonyl (C=O) groups is 1. The molecule has 1 aliphatic carbocycles. The largest absolute Gasteiger partial charge is 0.336 e. The summed E-state index contributed by atoms with van der Waals surface area (Å²) in [5, 5.41) is 0.643. The maximum absolute atomic E-state index is 12.7. The Kier molecular flexibility index (Phi) is 5.28. The molecule has 1 amide bonds. The Hall–Kier alpha value is -0.540. The normalized spacial score (nSPS) is 16.4. The van der Waals surface area contributed by atoms with Gasteiger partial charge in [-0.3, -0.25) is 4.79 Å². The molecule has 0 saturated heterocycles. The lowest BCUT2D eigenvalue weighted by Crippen LogP contribution is -2.41. The van der Waals surface area contributed by atoms with E-state index in [1.807, 2.05) is 4.90 Å². The van der Waals surface area contributed by atoms with Gasteiger partial charge in [-0.15, -0.1) is 0 Å². The molecule has 1 saturated carbocycles. The predicted molar refractivity (Wildman–Crippen MR) is 82.7 cm³/mol. The van der Waals surface area contributed by atoms with Crippen LogP contribution in [0.3, 0.4) is 0 Å². The summed E-state index contributed by atoms with van der Waals surface area (Å²) in [7, 11) is 0. The van der Waals surface area contributed by atoms with Gasteiger partial charge in [0.15, 0.2) is 0 Å². The molecule has 0 heterocycles. The lowest BCUT2D eigenvalue weighted by molar-refractivity contribution is 0.0647. The fraction of sp³-hybridized carbons (Fsp3) is 0.533. The minimum atomic E-state index is 0.109. The van der Waals surface area contributed by atoms with E-state index in [9.17, 15) is 4.79 Å². The van der Waals surface area contributed by atoms with Crippen molar-refractivity contribution in [3.8, 4) is 0 Å². The summed E-state index contributed by atoms with van der Waals surface area (Å²) in [6.45, 7) is 2.81. The maximum Gasteiger partial charge on any atom is 0.255 e. The van der Waals surface area contributed by atoms with Crippen LogP contribution in [0.15, 0.2) is 22.7 Å². The number of amides is 1. The number of hydrogen-bond donors (Lipinski definition) is 0. The summed E-state index contributed by atoms with van der Waals surface area (Å²) in [5.74, 6) is 0.109. The number of nitrogens with zero attached hydrogens (tertiary/aromatic N) is 1. The van der Waals surface area contributed by atoms with Gasteiger partial charge in [0.2, 0.25) is 0 Å². The van der Waals surface area contributed by atoms with Crippen molar-refractivity contribution in [3.63, 3.8) is 0 Å². The van der Waals surface area contributed by atoms with Gasteiger partial charge in [0.05, 0.1) is 5.56 Å². The molecule has 0 radical (unpaired) electrons. The predicted octanol–water partition coefficient (Wildman–Crippen LogP) is 4.90. The quantitative estimate of drug-likeness (QED) is 0.764. The van der Waals surface area contributed by atoms with Crippen molar-refractivity contribution in [2.45, 2.75) is 45.1 Å². The lowest BCUT2D eigenvalue weighted by Gasteiger charge is -2.33. The van der Waals surface area contributed by atoms with Crippen LogP contribution in [0.25, 0.3) is 0 Å². The average Bonchev–Trinajstić information content (AvgIpc) is 2.40. The van der Waals surface area contributed by atoms with Gasteiger partial charge >= 0.3 is 0 Å². The highest BCUT2D eigenvalue weighted by molar-refractivity contribution is 9.10. The Labute approximate surface area is 128 Å². The van der Waals surface area contributed by atoms with Gasteiger partial charge in [0.25, 0.3) is 5.91 Å². The molecule has 0 bridgehead atoms. The molecule has 0 aromatic heterocycles. The Bertz CT molecular complexity index is 457. The lowest BCUT2D eigenvalue weighted by atomic mass is 9.93. The number of hydrogen-bond acceptors (Lipinski definition) is 1. The summed E-state index contributed by atoms with van der Waals surface area (Å²) >= 11 is 9.37. The Morgan fingerprint density at radius 1 is 1.37 bits per heavy atom. The molecule has 2 nitrogen and oxygen atoms in total. The molecule has 4 heteroatoms. The minimum Gasteiger partial charge on any atom is -0.336 e. The first kappa shape index (κ1) is 14.9. The van der Waals surface area contributed by atoms with Crippen LogP contribution in [0.1, 0.15) is 49.4 Å². The topological polar surface area (TPSA) is 20.3 Å². The summed E-state index contributed by atoms with van der Waals surface area (Å²) in [5.41, 5.74) is 0.705. The molecular formula is C15H19BrClNO. The van der Waals surface area contributed by atoms with E-state index >= 15 is 0 Å². The molecular weight excluding hydrogens is 326 g/mol. The zero-order valence-corrected chi connectivity index (χ0v) is 13.5. The maximum atomic E-state index is 12.7. The number of rotatable bonds is 3. The zero-order chi connectivity index (χ0) is 13.8. The fourth-order valence-electron chi connectivity index (χ4n) is 2.78. The van der Waals surface area contributed by atoms with E-state index in [-0.39, 0.29) is 5.91 Å². The summed E-state index contributed by atoms with van der Waals surface area (Å²) in [6, 6.07) is 5.76. The molecule has 2 rings (SSSR count). The van der Waals surface area contributed by atoms with Crippen molar-refractivity contribution in [1.82, 2.24) is 4.90 Å². The highest BCUT2D eigenvalue weighted by Gasteiger charge is 2.25. The number of carbonyl (C=O) groups excluding carboxylic acids is 1. The highest BCUT2D eigenvalue weighted by atomic mass is 79.9.